The van der Waals surface area contributed by atoms with Crippen molar-refractivity contribution >= 4 is 17.3 Å². The number of carbonyl (C=O) groups excluding carboxylic acids is 1. The average Bonchev–Trinajstić information content (AvgIpc) is 3.46. The van der Waals surface area contributed by atoms with E-state index >= 15 is 0 Å². The van der Waals surface area contributed by atoms with Crippen LogP contribution in [0.4, 0.5) is 11.4 Å². The van der Waals surface area contributed by atoms with Gasteiger partial charge < -0.3 is 19.9 Å². The van der Waals surface area contributed by atoms with Crippen LogP contribution in [0, 0.1) is 0 Å². The number of rotatable bonds is 8. The molecule has 1 amide bonds. The fourth-order valence-corrected chi connectivity index (χ4v) is 5.40. The van der Waals surface area contributed by atoms with Gasteiger partial charge in [-0.2, -0.15) is 5.10 Å². The molecule has 0 saturated carbocycles. The first-order valence-electron chi connectivity index (χ1n) is 14.1. The van der Waals surface area contributed by atoms with E-state index in [1.54, 1.807) is 0 Å². The molecule has 0 radical (unpaired) electrons. The van der Waals surface area contributed by atoms with Crippen LogP contribution in [0.25, 0.3) is 16.9 Å². The number of benzene rings is 3. The SMILES string of the molecule is O=C(CN1CCN(c2ccccc2)CC1)NCc1cc(-c2ccc(N3CCOCC3)cc2)n(-c2ccccc2)n1. The molecule has 8 nitrogen and oxygen atoms in total. The number of aromatic nitrogens is 2. The number of hydrogen-bond donors (Lipinski definition) is 1. The van der Waals surface area contributed by atoms with E-state index in [1.165, 1.54) is 11.4 Å². The first-order chi connectivity index (χ1) is 19.7. The molecule has 40 heavy (non-hydrogen) atoms. The molecule has 2 fully saturated rings. The summed E-state index contributed by atoms with van der Waals surface area (Å²) in [5.41, 5.74) is 6.35. The van der Waals surface area contributed by atoms with Gasteiger partial charge in [0.05, 0.1) is 43.4 Å². The molecule has 2 aliphatic rings. The molecule has 0 unspecified atom stereocenters. The minimum absolute atomic E-state index is 0.0267. The van der Waals surface area contributed by atoms with Crippen molar-refractivity contribution in [2.45, 2.75) is 6.54 Å². The maximum atomic E-state index is 12.8. The minimum Gasteiger partial charge on any atom is -0.378 e. The van der Waals surface area contributed by atoms with Gasteiger partial charge in [-0.25, -0.2) is 4.68 Å². The Labute approximate surface area is 235 Å². The Hall–Kier alpha value is -4.14. The van der Waals surface area contributed by atoms with Crippen LogP contribution in [0.1, 0.15) is 5.69 Å². The van der Waals surface area contributed by atoms with Crippen molar-refractivity contribution < 1.29 is 9.53 Å². The van der Waals surface area contributed by atoms with Crippen molar-refractivity contribution in [2.24, 2.45) is 0 Å². The van der Waals surface area contributed by atoms with Crippen LogP contribution in [0.3, 0.4) is 0 Å². The highest BCUT2D eigenvalue weighted by atomic mass is 16.5. The summed E-state index contributed by atoms with van der Waals surface area (Å²) in [6.07, 6.45) is 0. The van der Waals surface area contributed by atoms with Gasteiger partial charge in [0.25, 0.3) is 0 Å². The zero-order valence-electron chi connectivity index (χ0n) is 22.8. The summed E-state index contributed by atoms with van der Waals surface area (Å²) in [6, 6.07) is 31.3. The molecule has 0 atom stereocenters. The summed E-state index contributed by atoms with van der Waals surface area (Å²) in [5.74, 6) is 0.0267. The smallest absolute Gasteiger partial charge is 0.234 e. The number of nitrogens with zero attached hydrogens (tertiary/aromatic N) is 5. The molecule has 4 aromatic rings. The Balaban J connectivity index is 1.10. The predicted molar refractivity (Wildman–Crippen MR) is 159 cm³/mol. The first-order valence-corrected chi connectivity index (χ1v) is 14.1. The lowest BCUT2D eigenvalue weighted by Crippen LogP contribution is -2.49. The monoisotopic (exact) mass is 536 g/mol. The second-order valence-electron chi connectivity index (χ2n) is 10.3. The lowest BCUT2D eigenvalue weighted by Gasteiger charge is -2.35. The Morgan fingerprint density at radius 2 is 1.32 bits per heavy atom. The molecule has 0 bridgehead atoms. The van der Waals surface area contributed by atoms with E-state index < -0.39 is 0 Å². The van der Waals surface area contributed by atoms with Crippen molar-refractivity contribution in [3.8, 4) is 16.9 Å². The molecule has 3 heterocycles. The van der Waals surface area contributed by atoms with Crippen molar-refractivity contribution in [3.05, 3.63) is 96.7 Å². The number of carbonyl (C=O) groups is 1. The number of hydrogen-bond acceptors (Lipinski definition) is 6. The van der Waals surface area contributed by atoms with Crippen molar-refractivity contribution in [3.63, 3.8) is 0 Å². The first kappa shape index (κ1) is 26.1. The van der Waals surface area contributed by atoms with E-state index in [4.69, 9.17) is 9.84 Å². The summed E-state index contributed by atoms with van der Waals surface area (Å²) >= 11 is 0. The van der Waals surface area contributed by atoms with E-state index in [0.29, 0.717) is 13.1 Å². The van der Waals surface area contributed by atoms with E-state index in [2.05, 4.69) is 86.7 Å². The summed E-state index contributed by atoms with van der Waals surface area (Å²) in [6.45, 7) is 7.73. The van der Waals surface area contributed by atoms with E-state index in [-0.39, 0.29) is 5.91 Å². The third kappa shape index (κ3) is 6.19. The van der Waals surface area contributed by atoms with Gasteiger partial charge in [-0.3, -0.25) is 9.69 Å². The molecule has 1 N–H and O–H groups in total. The zero-order valence-corrected chi connectivity index (χ0v) is 22.8. The molecule has 2 saturated heterocycles. The van der Waals surface area contributed by atoms with Crippen LogP contribution in [0.2, 0.25) is 0 Å². The highest BCUT2D eigenvalue weighted by Gasteiger charge is 2.20. The summed E-state index contributed by atoms with van der Waals surface area (Å²) in [5, 5.41) is 7.98. The quantitative estimate of drug-likeness (QED) is 0.370. The molecule has 0 aliphatic carbocycles. The van der Waals surface area contributed by atoms with E-state index in [0.717, 1.165) is 75.1 Å². The maximum absolute atomic E-state index is 12.8. The van der Waals surface area contributed by atoms with Gasteiger partial charge in [0.1, 0.15) is 0 Å². The van der Waals surface area contributed by atoms with Gasteiger partial charge >= 0.3 is 0 Å². The fraction of sp³-hybridized carbons (Fsp3) is 0.312. The van der Waals surface area contributed by atoms with Gasteiger partial charge in [-0.15, -0.1) is 0 Å². The van der Waals surface area contributed by atoms with Crippen LogP contribution in [-0.4, -0.2) is 79.6 Å². The fourth-order valence-electron chi connectivity index (χ4n) is 5.40. The van der Waals surface area contributed by atoms with Crippen molar-refractivity contribution in [1.29, 1.82) is 0 Å². The molecule has 1 aromatic heterocycles. The third-order valence-corrected chi connectivity index (χ3v) is 7.63. The van der Waals surface area contributed by atoms with Gasteiger partial charge in [-0.05, 0) is 42.5 Å². The summed E-state index contributed by atoms with van der Waals surface area (Å²) in [4.78, 5) is 19.8. The number of anilines is 2. The molecule has 6 rings (SSSR count). The Morgan fingerprint density at radius 1 is 0.725 bits per heavy atom. The van der Waals surface area contributed by atoms with Crippen LogP contribution >= 0.6 is 0 Å². The topological polar surface area (TPSA) is 65.9 Å². The predicted octanol–water partition coefficient (Wildman–Crippen LogP) is 3.81. The van der Waals surface area contributed by atoms with Gasteiger partial charge in [0.15, 0.2) is 0 Å². The summed E-state index contributed by atoms with van der Waals surface area (Å²) < 4.78 is 7.46. The van der Waals surface area contributed by atoms with Crippen LogP contribution in [-0.2, 0) is 16.1 Å². The normalized spacial score (nSPS) is 16.2. The second-order valence-corrected chi connectivity index (χ2v) is 10.3. The summed E-state index contributed by atoms with van der Waals surface area (Å²) in [7, 11) is 0. The molecular weight excluding hydrogens is 500 g/mol. The molecular formula is C32H36N6O2. The maximum Gasteiger partial charge on any atom is 0.234 e. The molecule has 3 aromatic carbocycles. The highest BCUT2D eigenvalue weighted by Crippen LogP contribution is 2.27. The molecule has 0 spiro atoms. The second kappa shape index (κ2) is 12.4. The van der Waals surface area contributed by atoms with Crippen LogP contribution in [0.5, 0.6) is 0 Å². The number of amides is 1. The third-order valence-electron chi connectivity index (χ3n) is 7.63. The van der Waals surface area contributed by atoms with E-state index in [1.807, 2.05) is 28.9 Å². The van der Waals surface area contributed by atoms with Gasteiger partial charge in [-0.1, -0.05) is 48.5 Å². The van der Waals surface area contributed by atoms with Crippen LogP contribution in [0.15, 0.2) is 91.0 Å². The van der Waals surface area contributed by atoms with E-state index in [9.17, 15) is 4.79 Å². The number of morpholine rings is 1. The Morgan fingerprint density at radius 3 is 2.00 bits per heavy atom. The number of piperazine rings is 1. The Kier molecular flexibility index (Phi) is 8.07. The molecule has 8 heteroatoms. The van der Waals surface area contributed by atoms with Crippen molar-refractivity contribution in [1.82, 2.24) is 20.0 Å². The standard InChI is InChI=1S/C32H36N6O2/c39-32(25-35-15-17-36(18-16-35)28-7-3-1-4-8-28)33-24-27-23-31(38(34-27)30-9-5-2-6-10-30)26-11-13-29(14-12-26)37-19-21-40-22-20-37/h1-14,23H,15-22,24-25H2,(H,33,39). The lowest BCUT2D eigenvalue weighted by molar-refractivity contribution is -0.122. The van der Waals surface area contributed by atoms with Crippen LogP contribution < -0.4 is 15.1 Å². The van der Waals surface area contributed by atoms with Gasteiger partial charge in [0, 0.05) is 56.2 Å². The minimum atomic E-state index is 0.0267. The van der Waals surface area contributed by atoms with Crippen molar-refractivity contribution in [2.75, 3.05) is 68.8 Å². The lowest BCUT2D eigenvalue weighted by atomic mass is 10.1. The molecule has 2 aliphatic heterocycles. The number of nitrogens with one attached hydrogen (secondary N) is 1. The largest absolute Gasteiger partial charge is 0.378 e. The average molecular weight is 537 g/mol. The number of para-hydroxylation sites is 2. The zero-order chi connectivity index (χ0) is 27.1. The molecule has 206 valence electrons. The van der Waals surface area contributed by atoms with Gasteiger partial charge in [0.2, 0.25) is 5.91 Å². The number of ether oxygens (including phenoxy) is 1. The Bertz CT molecular complexity index is 1380. The highest BCUT2D eigenvalue weighted by molar-refractivity contribution is 5.78.